The second-order valence-electron chi connectivity index (χ2n) is 13.7. The quantitative estimate of drug-likeness (QED) is 0.228. The van der Waals surface area contributed by atoms with Gasteiger partial charge in [0, 0.05) is 18.9 Å². The molecule has 1 amide bonds. The molecule has 0 saturated heterocycles. The third-order valence-corrected chi connectivity index (χ3v) is 12.8. The highest BCUT2D eigenvalue weighted by atomic mass is 32.3. The molecule has 0 aliphatic carbocycles. The number of amides is 1. The van der Waals surface area contributed by atoms with E-state index in [1.165, 1.54) is 13.4 Å². The fraction of sp³-hybridized carbons (Fsp3) is 0.419. The molecular weight excluding hydrogens is 631 g/mol. The molecule has 1 aliphatic rings. The number of carbonyl (C=O) groups excluding carboxylic acids is 1. The number of nitrogens with one attached hydrogen (secondary N) is 4. The molecule has 2 aromatic carbocycles. The van der Waals surface area contributed by atoms with Crippen molar-refractivity contribution in [3.8, 4) is 5.75 Å². The van der Waals surface area contributed by atoms with Crippen LogP contribution in [0.3, 0.4) is 0 Å². The first-order valence-electron chi connectivity index (χ1n) is 14.5. The molecule has 1 aromatic heterocycles. The van der Waals surface area contributed by atoms with Crippen LogP contribution >= 0.6 is 0 Å². The van der Waals surface area contributed by atoms with Gasteiger partial charge >= 0.3 is 0 Å². The Hall–Kier alpha value is -3.92. The van der Waals surface area contributed by atoms with Crippen LogP contribution in [0, 0.1) is 6.92 Å². The molecule has 13 nitrogen and oxygen atoms in total. The van der Waals surface area contributed by atoms with Gasteiger partial charge in [-0.1, -0.05) is 26.8 Å². The van der Waals surface area contributed by atoms with E-state index in [0.29, 0.717) is 28.3 Å². The Morgan fingerprint density at radius 2 is 1.72 bits per heavy atom. The van der Waals surface area contributed by atoms with E-state index < -0.39 is 30.0 Å². The highest BCUT2D eigenvalue weighted by molar-refractivity contribution is 8.15. The number of aryl methyl sites for hydroxylation is 1. The number of methoxy groups -OCH3 is 1. The van der Waals surface area contributed by atoms with E-state index in [9.17, 15) is 22.0 Å². The summed E-state index contributed by atoms with van der Waals surface area (Å²) >= 11 is 0. The molecule has 0 fully saturated rings. The molecule has 4 rings (SSSR count). The Morgan fingerprint density at radius 1 is 1.09 bits per heavy atom. The predicted molar refractivity (Wildman–Crippen MR) is 184 cm³/mol. The van der Waals surface area contributed by atoms with Crippen LogP contribution in [0.1, 0.15) is 68.7 Å². The molecule has 0 unspecified atom stereocenters. The summed E-state index contributed by atoms with van der Waals surface area (Å²) in [4.78, 5) is 18.0. The van der Waals surface area contributed by atoms with E-state index in [2.05, 4.69) is 26.0 Å². The summed E-state index contributed by atoms with van der Waals surface area (Å²) in [5.74, 6) is -0.252. The number of hydrazine groups is 2. The maximum atomic E-state index is 13.7. The van der Waals surface area contributed by atoms with Crippen LogP contribution in [-0.4, -0.2) is 57.0 Å². The van der Waals surface area contributed by atoms with Crippen molar-refractivity contribution in [2.75, 3.05) is 34.7 Å². The van der Waals surface area contributed by atoms with Crippen LogP contribution < -0.4 is 30.7 Å². The van der Waals surface area contributed by atoms with Crippen LogP contribution in [0.5, 0.6) is 5.75 Å². The highest BCUT2D eigenvalue weighted by Crippen LogP contribution is 2.42. The van der Waals surface area contributed by atoms with Gasteiger partial charge in [-0.15, -0.1) is 14.9 Å². The minimum Gasteiger partial charge on any atom is -0.492 e. The number of imidazole rings is 1. The summed E-state index contributed by atoms with van der Waals surface area (Å²) in [5, 5.41) is 4.68. The normalized spacial score (nSPS) is 15.1. The van der Waals surface area contributed by atoms with Crippen LogP contribution in [0.4, 0.5) is 17.1 Å². The maximum Gasteiger partial charge on any atom is 0.255 e. The van der Waals surface area contributed by atoms with Gasteiger partial charge in [-0.3, -0.25) is 24.5 Å². The molecule has 252 valence electrons. The van der Waals surface area contributed by atoms with Gasteiger partial charge in [0.1, 0.15) is 0 Å². The number of hydrogen-bond acceptors (Lipinski definition) is 9. The molecule has 3 aromatic rings. The monoisotopic (exact) mass is 675 g/mol. The number of anilines is 3. The van der Waals surface area contributed by atoms with Gasteiger partial charge < -0.3 is 14.6 Å². The smallest absolute Gasteiger partial charge is 0.255 e. The van der Waals surface area contributed by atoms with Crippen molar-refractivity contribution >= 4 is 48.0 Å². The first-order valence-corrected chi connectivity index (χ1v) is 18.7. The Bertz CT molecular complexity index is 1910. The third-order valence-electron chi connectivity index (χ3n) is 8.10. The second-order valence-corrected chi connectivity index (χ2v) is 19.6. The average molecular weight is 676 g/mol. The highest BCUT2D eigenvalue weighted by Gasteiger charge is 2.42. The molecule has 15 heteroatoms. The van der Waals surface area contributed by atoms with Crippen molar-refractivity contribution in [3.63, 3.8) is 0 Å². The third kappa shape index (κ3) is 6.63. The lowest BCUT2D eigenvalue weighted by atomic mass is 9.86. The lowest BCUT2D eigenvalue weighted by molar-refractivity contribution is 0.102. The molecule has 0 saturated carbocycles. The molecule has 2 heterocycles. The van der Waals surface area contributed by atoms with E-state index in [4.69, 9.17) is 4.74 Å². The van der Waals surface area contributed by atoms with Gasteiger partial charge in [-0.05, 0) is 68.5 Å². The molecule has 0 radical (unpaired) electrons. The number of aromatic nitrogens is 2. The van der Waals surface area contributed by atoms with Crippen molar-refractivity contribution in [1.82, 2.24) is 20.5 Å². The Morgan fingerprint density at radius 3 is 2.28 bits per heavy atom. The summed E-state index contributed by atoms with van der Waals surface area (Å²) in [6, 6.07) is 8.69. The summed E-state index contributed by atoms with van der Waals surface area (Å²) in [6.07, 6.45) is 5.70. The van der Waals surface area contributed by atoms with Gasteiger partial charge in [0.25, 0.3) is 5.91 Å². The zero-order chi connectivity index (χ0) is 34.6. The van der Waals surface area contributed by atoms with Gasteiger partial charge in [0.2, 0.25) is 15.2 Å². The van der Waals surface area contributed by atoms with Crippen molar-refractivity contribution in [2.24, 2.45) is 7.05 Å². The first-order chi connectivity index (χ1) is 20.9. The van der Waals surface area contributed by atoms with E-state index in [1.54, 1.807) is 74.1 Å². The summed E-state index contributed by atoms with van der Waals surface area (Å²) in [5.41, 5.74) is 10.2. The van der Waals surface area contributed by atoms with Crippen molar-refractivity contribution in [2.45, 2.75) is 63.8 Å². The zero-order valence-corrected chi connectivity index (χ0v) is 29.8. The Labute approximate surface area is 271 Å². The Balaban J connectivity index is 1.68. The van der Waals surface area contributed by atoms with Gasteiger partial charge in [0.05, 0.1) is 59.0 Å². The lowest BCUT2D eigenvalue weighted by Crippen LogP contribution is -2.50. The molecule has 0 bridgehead atoms. The Kier molecular flexibility index (Phi) is 8.66. The topological polar surface area (TPSA) is 167 Å². The number of rotatable bonds is 8. The van der Waals surface area contributed by atoms with E-state index >= 15 is 0 Å². The standard InChI is InChI=1S/C31H45N7O6S2/c1-19-12-13-20(28(39)33-22-15-21(30(2,3)4)16-23(27(22)44-9)35-45(10,40)41)14-25(19)38-18-24(34-36-38)26-17-32-29(37(26)8)46(11,42,43)31(5,6)7/h12-18,34-36H,1-11H3,(H,33,39)(H,42,43). The molecule has 0 atom stereocenters. The molecule has 46 heavy (non-hydrogen) atoms. The number of nitrogens with zero attached hydrogens (tertiary/aromatic N) is 3. The number of ether oxygens (including phenoxy) is 1. The minimum atomic E-state index is -4.31. The van der Waals surface area contributed by atoms with Crippen LogP contribution in [-0.2, 0) is 31.8 Å². The summed E-state index contributed by atoms with van der Waals surface area (Å²) < 4.78 is 57.9. The number of carbonyl (C=O) groups is 1. The fourth-order valence-corrected chi connectivity index (χ4v) is 6.94. The van der Waals surface area contributed by atoms with Crippen LogP contribution in [0.15, 0.2) is 47.9 Å². The van der Waals surface area contributed by atoms with Crippen molar-refractivity contribution < 1.29 is 26.7 Å². The predicted octanol–water partition coefficient (Wildman–Crippen LogP) is 4.57. The summed E-state index contributed by atoms with van der Waals surface area (Å²) in [7, 11) is -4.84. The van der Waals surface area contributed by atoms with E-state index in [-0.39, 0.29) is 22.0 Å². The van der Waals surface area contributed by atoms with Gasteiger partial charge in [-0.25, -0.2) is 17.6 Å². The fourth-order valence-electron chi connectivity index (χ4n) is 4.79. The van der Waals surface area contributed by atoms with Gasteiger partial charge in [-0.2, -0.15) is 0 Å². The SMILES string of the molecule is COc1c(NC(=O)c2ccc(C)c(N3C=C(c4cnc(S(C)(=O)(O)C(C)(C)C)n4C)NN3)c2)cc(C(C)(C)C)cc1NS(C)(=O)=O. The molecule has 5 N–H and O–H groups in total. The largest absolute Gasteiger partial charge is 0.492 e. The second kappa shape index (κ2) is 11.4. The number of benzene rings is 2. The van der Waals surface area contributed by atoms with Crippen molar-refractivity contribution in [1.29, 1.82) is 0 Å². The lowest BCUT2D eigenvalue weighted by Gasteiger charge is -2.48. The van der Waals surface area contributed by atoms with Crippen LogP contribution in [0.2, 0.25) is 0 Å². The average Bonchev–Trinajstić information content (AvgIpc) is 3.53. The van der Waals surface area contributed by atoms with Crippen molar-refractivity contribution in [3.05, 3.63) is 65.1 Å². The van der Waals surface area contributed by atoms with E-state index in [1.807, 2.05) is 33.8 Å². The minimum absolute atomic E-state index is 0.0800. The van der Waals surface area contributed by atoms with Crippen LogP contribution in [0.25, 0.3) is 5.70 Å². The molecule has 0 spiro atoms. The first kappa shape index (κ1) is 34.9. The molecular formula is C31H45N7O6S2. The van der Waals surface area contributed by atoms with E-state index in [0.717, 1.165) is 17.4 Å². The zero-order valence-electron chi connectivity index (χ0n) is 28.2. The summed E-state index contributed by atoms with van der Waals surface area (Å²) in [6.45, 7) is 13.0. The number of sulfonamides is 1. The molecule has 1 aliphatic heterocycles. The van der Waals surface area contributed by atoms with Gasteiger partial charge in [0.15, 0.2) is 5.75 Å². The number of hydrogen-bond donors (Lipinski definition) is 5. The maximum absolute atomic E-state index is 13.7.